The molecule has 0 saturated heterocycles. The van der Waals surface area contributed by atoms with Crippen molar-refractivity contribution in [3.05, 3.63) is 66.4 Å². The van der Waals surface area contributed by atoms with Gasteiger partial charge in [-0.1, -0.05) is 18.2 Å². The summed E-state index contributed by atoms with van der Waals surface area (Å²) in [6.45, 7) is 0.806. The zero-order valence-corrected chi connectivity index (χ0v) is 13.6. The van der Waals surface area contributed by atoms with E-state index in [4.69, 9.17) is 0 Å². The van der Waals surface area contributed by atoms with Crippen molar-refractivity contribution in [2.75, 3.05) is 6.54 Å². The van der Waals surface area contributed by atoms with Gasteiger partial charge in [0, 0.05) is 30.9 Å². The highest BCUT2D eigenvalue weighted by atomic mass is 32.2. The summed E-state index contributed by atoms with van der Waals surface area (Å²) in [4.78, 5) is -0.411. The number of halogens is 2. The number of hydrogen-bond acceptors (Lipinski definition) is 2. The number of aryl methyl sites for hydroxylation is 1. The second-order valence-electron chi connectivity index (χ2n) is 5.42. The van der Waals surface area contributed by atoms with Gasteiger partial charge in [-0.3, -0.25) is 0 Å². The number of rotatable bonds is 6. The van der Waals surface area contributed by atoms with Crippen molar-refractivity contribution >= 4 is 20.9 Å². The molecule has 0 radical (unpaired) electrons. The van der Waals surface area contributed by atoms with Crippen LogP contribution in [0.15, 0.2) is 59.6 Å². The molecule has 0 aliphatic rings. The molecule has 1 heterocycles. The lowest BCUT2D eigenvalue weighted by Crippen LogP contribution is -2.25. The van der Waals surface area contributed by atoms with E-state index in [1.54, 1.807) is 0 Å². The van der Waals surface area contributed by atoms with Gasteiger partial charge in [0.05, 0.1) is 4.90 Å². The van der Waals surface area contributed by atoms with Gasteiger partial charge in [0.15, 0.2) is 0 Å². The van der Waals surface area contributed by atoms with E-state index in [2.05, 4.69) is 4.72 Å². The van der Waals surface area contributed by atoms with Gasteiger partial charge in [-0.2, -0.15) is 0 Å². The molecule has 3 aromatic rings. The molecule has 0 spiro atoms. The van der Waals surface area contributed by atoms with Gasteiger partial charge in [0.1, 0.15) is 11.6 Å². The molecule has 0 aliphatic heterocycles. The number of para-hydroxylation sites is 1. The average molecular weight is 350 g/mol. The Labute approximate surface area is 138 Å². The Morgan fingerprint density at radius 3 is 2.46 bits per heavy atom. The van der Waals surface area contributed by atoms with Gasteiger partial charge in [0.25, 0.3) is 0 Å². The third-order valence-electron chi connectivity index (χ3n) is 3.69. The number of fused-ring (bicyclic) bond motifs is 1. The zero-order chi connectivity index (χ0) is 17.2. The molecule has 1 N–H and O–H groups in total. The van der Waals surface area contributed by atoms with Crippen molar-refractivity contribution in [2.24, 2.45) is 0 Å². The lowest BCUT2D eigenvalue weighted by atomic mass is 10.2. The van der Waals surface area contributed by atoms with E-state index < -0.39 is 26.6 Å². The maximum atomic E-state index is 13.1. The van der Waals surface area contributed by atoms with Crippen molar-refractivity contribution in [3.63, 3.8) is 0 Å². The first-order chi connectivity index (χ1) is 11.5. The molecule has 0 atom stereocenters. The van der Waals surface area contributed by atoms with Gasteiger partial charge in [-0.25, -0.2) is 21.9 Å². The minimum Gasteiger partial charge on any atom is -0.347 e. The first kappa shape index (κ1) is 16.6. The van der Waals surface area contributed by atoms with Gasteiger partial charge in [-0.05, 0) is 36.1 Å². The molecule has 0 unspecified atom stereocenters. The molecule has 0 fully saturated rings. The van der Waals surface area contributed by atoms with Gasteiger partial charge < -0.3 is 4.57 Å². The Morgan fingerprint density at radius 1 is 1.00 bits per heavy atom. The number of nitrogens with zero attached hydrogens (tertiary/aromatic N) is 1. The highest BCUT2D eigenvalue weighted by molar-refractivity contribution is 7.89. The molecule has 4 nitrogen and oxygen atoms in total. The predicted molar refractivity (Wildman–Crippen MR) is 88.1 cm³/mol. The van der Waals surface area contributed by atoms with E-state index in [9.17, 15) is 17.2 Å². The van der Waals surface area contributed by atoms with Crippen LogP contribution in [0.2, 0.25) is 0 Å². The Kier molecular flexibility index (Phi) is 4.64. The van der Waals surface area contributed by atoms with Crippen molar-refractivity contribution < 1.29 is 17.2 Å². The van der Waals surface area contributed by atoms with Crippen LogP contribution in [0.25, 0.3) is 10.9 Å². The second kappa shape index (κ2) is 6.70. The fourth-order valence-electron chi connectivity index (χ4n) is 2.56. The monoisotopic (exact) mass is 350 g/mol. The standard InChI is InChI=1S/C17H16F2N2O2S/c18-14-10-15(19)12-16(11-14)24(22,23)20-7-3-8-21-9-6-13-4-1-2-5-17(13)21/h1-2,4-6,9-12,20H,3,7-8H2. The number of hydrogen-bond donors (Lipinski definition) is 1. The Balaban J connectivity index is 1.61. The number of nitrogens with one attached hydrogen (secondary N) is 1. The fraction of sp³-hybridized carbons (Fsp3) is 0.176. The van der Waals surface area contributed by atoms with Crippen LogP contribution in [0.1, 0.15) is 6.42 Å². The molecule has 24 heavy (non-hydrogen) atoms. The lowest BCUT2D eigenvalue weighted by molar-refractivity contribution is 0.557. The van der Waals surface area contributed by atoms with Crippen molar-refractivity contribution in [2.45, 2.75) is 17.9 Å². The largest absolute Gasteiger partial charge is 0.347 e. The number of aromatic nitrogens is 1. The third kappa shape index (κ3) is 3.63. The first-order valence-corrected chi connectivity index (χ1v) is 8.94. The Hall–Kier alpha value is -2.25. The van der Waals surface area contributed by atoms with E-state index >= 15 is 0 Å². The van der Waals surface area contributed by atoms with Crippen molar-refractivity contribution in [3.8, 4) is 0 Å². The molecule has 3 rings (SSSR count). The van der Waals surface area contributed by atoms with E-state index in [0.29, 0.717) is 19.0 Å². The average Bonchev–Trinajstić information content (AvgIpc) is 2.94. The topological polar surface area (TPSA) is 51.1 Å². The molecule has 7 heteroatoms. The highest BCUT2D eigenvalue weighted by Gasteiger charge is 2.15. The molecule has 0 aliphatic carbocycles. The molecule has 0 saturated carbocycles. The Bertz CT molecular complexity index is 947. The lowest BCUT2D eigenvalue weighted by Gasteiger charge is -2.08. The third-order valence-corrected chi connectivity index (χ3v) is 5.13. The summed E-state index contributed by atoms with van der Waals surface area (Å²) in [6, 6.07) is 12.1. The maximum Gasteiger partial charge on any atom is 0.240 e. The molecule has 126 valence electrons. The summed E-state index contributed by atoms with van der Waals surface area (Å²) in [6.07, 6.45) is 2.50. The minimum absolute atomic E-state index is 0.174. The van der Waals surface area contributed by atoms with Crippen molar-refractivity contribution in [1.82, 2.24) is 9.29 Å². The van der Waals surface area contributed by atoms with Crippen LogP contribution in [-0.2, 0) is 16.6 Å². The van der Waals surface area contributed by atoms with Crippen LogP contribution >= 0.6 is 0 Å². The van der Waals surface area contributed by atoms with E-state index in [-0.39, 0.29) is 6.54 Å². The smallest absolute Gasteiger partial charge is 0.240 e. The normalized spacial score (nSPS) is 11.9. The predicted octanol–water partition coefficient (Wildman–Crippen LogP) is 3.29. The zero-order valence-electron chi connectivity index (χ0n) is 12.7. The van der Waals surface area contributed by atoms with Crippen LogP contribution in [0.5, 0.6) is 0 Å². The summed E-state index contributed by atoms with van der Waals surface area (Å²) in [7, 11) is -3.93. The highest BCUT2D eigenvalue weighted by Crippen LogP contribution is 2.16. The van der Waals surface area contributed by atoms with Crippen LogP contribution in [0, 0.1) is 11.6 Å². The first-order valence-electron chi connectivity index (χ1n) is 7.45. The van der Waals surface area contributed by atoms with E-state index in [1.165, 1.54) is 0 Å². The Morgan fingerprint density at radius 2 is 1.71 bits per heavy atom. The molecular weight excluding hydrogens is 334 g/mol. The molecule has 2 aromatic carbocycles. The molecule has 0 amide bonds. The van der Waals surface area contributed by atoms with Gasteiger partial charge in [0.2, 0.25) is 10.0 Å². The summed E-state index contributed by atoms with van der Waals surface area (Å²) in [5.41, 5.74) is 1.08. The quantitative estimate of drug-likeness (QED) is 0.694. The molecule has 0 bridgehead atoms. The van der Waals surface area contributed by atoms with Gasteiger partial charge >= 0.3 is 0 Å². The van der Waals surface area contributed by atoms with Crippen LogP contribution in [0.4, 0.5) is 8.78 Å². The molecule has 1 aromatic heterocycles. The minimum atomic E-state index is -3.93. The van der Waals surface area contributed by atoms with Crippen LogP contribution in [-0.4, -0.2) is 19.5 Å². The summed E-state index contributed by atoms with van der Waals surface area (Å²) in [5, 5.41) is 1.12. The van der Waals surface area contributed by atoms with E-state index in [1.807, 2.05) is 41.1 Å². The second-order valence-corrected chi connectivity index (χ2v) is 7.19. The number of sulfonamides is 1. The fourth-order valence-corrected chi connectivity index (χ4v) is 3.67. The van der Waals surface area contributed by atoms with Crippen LogP contribution < -0.4 is 4.72 Å². The van der Waals surface area contributed by atoms with Gasteiger partial charge in [-0.15, -0.1) is 0 Å². The summed E-state index contributed by atoms with van der Waals surface area (Å²) < 4.78 is 54.8. The summed E-state index contributed by atoms with van der Waals surface area (Å²) >= 11 is 0. The maximum absolute atomic E-state index is 13.1. The summed E-state index contributed by atoms with van der Waals surface area (Å²) in [5.74, 6) is -1.84. The van der Waals surface area contributed by atoms with E-state index in [0.717, 1.165) is 23.0 Å². The molecular formula is C17H16F2N2O2S. The SMILES string of the molecule is O=S(=O)(NCCCn1ccc2ccccc21)c1cc(F)cc(F)c1. The number of benzene rings is 2. The van der Waals surface area contributed by atoms with Crippen molar-refractivity contribution in [1.29, 1.82) is 0 Å². The van der Waals surface area contributed by atoms with Crippen LogP contribution in [0.3, 0.4) is 0 Å².